The van der Waals surface area contributed by atoms with Crippen LogP contribution in [0.5, 0.6) is 0 Å². The van der Waals surface area contributed by atoms with Gasteiger partial charge in [0.05, 0.1) is 28.3 Å². The van der Waals surface area contributed by atoms with E-state index in [2.05, 4.69) is 173 Å². The van der Waals surface area contributed by atoms with Crippen LogP contribution in [0.4, 0.5) is 11.4 Å². The highest BCUT2D eigenvalue weighted by molar-refractivity contribution is 5.98. The summed E-state index contributed by atoms with van der Waals surface area (Å²) in [6, 6.07) is 48.4. The van der Waals surface area contributed by atoms with Crippen molar-refractivity contribution >= 4 is 50.8 Å². The number of allylic oxidation sites excluding steroid dienone is 4. The maximum Gasteiger partial charge on any atom is 0.0730 e. The van der Waals surface area contributed by atoms with Crippen molar-refractivity contribution in [2.24, 2.45) is 0 Å². The van der Waals surface area contributed by atoms with Crippen molar-refractivity contribution < 1.29 is 0 Å². The molecule has 1 aliphatic heterocycles. The molecule has 0 fully saturated rings. The minimum atomic E-state index is 0.0832. The second-order valence-corrected chi connectivity index (χ2v) is 13.0. The molecule has 0 saturated heterocycles. The molecule has 0 bridgehead atoms. The molecular weight excluding hydrogens is 583 g/mol. The molecule has 2 aromatic heterocycles. The zero-order valence-corrected chi connectivity index (χ0v) is 26.5. The van der Waals surface area contributed by atoms with Crippen LogP contribution in [-0.2, 0) is 0 Å². The molecule has 3 nitrogen and oxygen atoms in total. The van der Waals surface area contributed by atoms with E-state index in [4.69, 9.17) is 4.98 Å². The standard InChI is InChI=1S/C45H33N3/c1-4-15-31(16-5-1)39-26-34(27-40(46-39)32-17-6-2-7-18-32)48-42-25-24-30-14-10-11-21-35(30)45(42)38-28-37-36-22-12-13-23-41(36)47(43(37)29-44(38)48)33-19-8-3-9-20-33/h1,3-6,8-29,38,44H,2,7H2. The molecule has 3 heterocycles. The molecule has 0 saturated carbocycles. The lowest BCUT2D eigenvalue weighted by atomic mass is 9.87. The SMILES string of the molecule is C1=CC(c2cc(N3c4ccc5ccccc5c4C4C=c5c(n(-c6ccccc6)c6ccccc56)=CC43)cc(-c3ccccc3)n2)=CCC1. The number of benzene rings is 5. The predicted molar refractivity (Wildman–Crippen MR) is 200 cm³/mol. The number of anilines is 2. The molecule has 2 unspecified atom stereocenters. The fourth-order valence-electron chi connectivity index (χ4n) is 8.19. The van der Waals surface area contributed by atoms with Crippen molar-refractivity contribution in [3.63, 3.8) is 0 Å². The Bertz CT molecular complexity index is 2570. The number of fused-ring (bicyclic) bond motifs is 8. The minimum Gasteiger partial charge on any atom is -0.333 e. The summed E-state index contributed by atoms with van der Waals surface area (Å²) in [5.41, 5.74) is 10.6. The second kappa shape index (κ2) is 10.8. The summed E-state index contributed by atoms with van der Waals surface area (Å²) in [5, 5.41) is 6.46. The van der Waals surface area contributed by atoms with E-state index in [0.717, 1.165) is 29.8 Å². The minimum absolute atomic E-state index is 0.0832. The zero-order chi connectivity index (χ0) is 31.6. The van der Waals surface area contributed by atoms with Gasteiger partial charge in [0.1, 0.15) is 0 Å². The van der Waals surface area contributed by atoms with E-state index in [0.29, 0.717) is 0 Å². The summed E-state index contributed by atoms with van der Waals surface area (Å²) in [5.74, 6) is 0.180. The third-order valence-corrected chi connectivity index (χ3v) is 10.3. The lowest BCUT2D eigenvalue weighted by molar-refractivity contribution is 0.797. The van der Waals surface area contributed by atoms with Gasteiger partial charge < -0.3 is 9.47 Å². The highest BCUT2D eigenvalue weighted by Crippen LogP contribution is 2.51. The highest BCUT2D eigenvalue weighted by atomic mass is 15.2. The molecule has 228 valence electrons. The number of rotatable bonds is 4. The van der Waals surface area contributed by atoms with Crippen molar-refractivity contribution in [3.8, 4) is 16.9 Å². The number of para-hydroxylation sites is 2. The van der Waals surface area contributed by atoms with Crippen molar-refractivity contribution in [1.29, 1.82) is 0 Å². The van der Waals surface area contributed by atoms with Crippen LogP contribution < -0.4 is 15.5 Å². The van der Waals surface area contributed by atoms with Crippen LogP contribution in [-0.4, -0.2) is 15.6 Å². The molecule has 0 amide bonds. The first-order valence-corrected chi connectivity index (χ1v) is 17.0. The van der Waals surface area contributed by atoms with E-state index in [1.54, 1.807) is 0 Å². The van der Waals surface area contributed by atoms with Gasteiger partial charge in [-0.1, -0.05) is 121 Å². The van der Waals surface area contributed by atoms with Crippen LogP contribution in [0.15, 0.2) is 152 Å². The van der Waals surface area contributed by atoms with Gasteiger partial charge in [0, 0.05) is 39.1 Å². The molecule has 0 radical (unpaired) electrons. The zero-order valence-electron chi connectivity index (χ0n) is 26.5. The van der Waals surface area contributed by atoms with E-state index in [1.165, 1.54) is 60.4 Å². The smallest absolute Gasteiger partial charge is 0.0730 e. The number of hydrogen-bond donors (Lipinski definition) is 0. The van der Waals surface area contributed by atoms with Crippen LogP contribution in [0.3, 0.4) is 0 Å². The van der Waals surface area contributed by atoms with Gasteiger partial charge in [0.15, 0.2) is 0 Å². The Kier molecular flexibility index (Phi) is 6.13. The number of hydrogen-bond acceptors (Lipinski definition) is 2. The van der Waals surface area contributed by atoms with Crippen LogP contribution in [0.2, 0.25) is 0 Å². The summed E-state index contributed by atoms with van der Waals surface area (Å²) in [6.45, 7) is 0. The van der Waals surface area contributed by atoms with Gasteiger partial charge in [-0.15, -0.1) is 0 Å². The lowest BCUT2D eigenvalue weighted by Crippen LogP contribution is -2.40. The first kappa shape index (κ1) is 27.2. The quantitative estimate of drug-likeness (QED) is 0.197. The third kappa shape index (κ3) is 4.17. The topological polar surface area (TPSA) is 21.1 Å². The van der Waals surface area contributed by atoms with Crippen LogP contribution in [0, 0.1) is 0 Å². The average Bonchev–Trinajstić information content (AvgIpc) is 3.67. The summed E-state index contributed by atoms with van der Waals surface area (Å²) in [4.78, 5) is 7.85. The van der Waals surface area contributed by atoms with Crippen molar-refractivity contribution in [1.82, 2.24) is 9.55 Å². The number of nitrogens with zero attached hydrogens (tertiary/aromatic N) is 3. The Hall–Kier alpha value is -5.93. The molecule has 10 rings (SSSR count). The summed E-state index contributed by atoms with van der Waals surface area (Å²) in [6.07, 6.45) is 14.0. The van der Waals surface area contributed by atoms with Crippen LogP contribution in [0.25, 0.3) is 56.3 Å². The van der Waals surface area contributed by atoms with Crippen molar-refractivity contribution in [2.45, 2.75) is 24.8 Å². The number of pyridine rings is 1. The summed E-state index contributed by atoms with van der Waals surface area (Å²) in [7, 11) is 0. The Labute approximate surface area is 279 Å². The molecule has 0 spiro atoms. The fraction of sp³-hybridized carbons (Fsp3) is 0.0889. The van der Waals surface area contributed by atoms with E-state index in [-0.39, 0.29) is 12.0 Å². The monoisotopic (exact) mass is 615 g/mol. The van der Waals surface area contributed by atoms with E-state index < -0.39 is 0 Å². The van der Waals surface area contributed by atoms with Crippen LogP contribution >= 0.6 is 0 Å². The molecule has 0 N–H and O–H groups in total. The first-order valence-electron chi connectivity index (χ1n) is 17.0. The molecule has 3 heteroatoms. The van der Waals surface area contributed by atoms with E-state index >= 15 is 0 Å². The van der Waals surface area contributed by atoms with Crippen LogP contribution in [0.1, 0.15) is 30.0 Å². The Balaban J connectivity index is 1.28. The normalized spacial score (nSPS) is 17.8. The highest BCUT2D eigenvalue weighted by Gasteiger charge is 2.40. The maximum absolute atomic E-state index is 5.26. The van der Waals surface area contributed by atoms with Crippen molar-refractivity contribution in [3.05, 3.63) is 174 Å². The van der Waals surface area contributed by atoms with Gasteiger partial charge in [-0.3, -0.25) is 0 Å². The molecule has 7 aromatic rings. The largest absolute Gasteiger partial charge is 0.333 e. The Morgan fingerprint density at radius 3 is 2.21 bits per heavy atom. The average molecular weight is 616 g/mol. The van der Waals surface area contributed by atoms with Gasteiger partial charge >= 0.3 is 0 Å². The van der Waals surface area contributed by atoms with Crippen molar-refractivity contribution in [2.75, 3.05) is 4.90 Å². The van der Waals surface area contributed by atoms with Gasteiger partial charge in [0.2, 0.25) is 0 Å². The van der Waals surface area contributed by atoms with Gasteiger partial charge in [-0.25, -0.2) is 4.98 Å². The van der Waals surface area contributed by atoms with E-state index in [1.807, 2.05) is 0 Å². The third-order valence-electron chi connectivity index (χ3n) is 10.3. The lowest BCUT2D eigenvalue weighted by Gasteiger charge is -2.29. The Morgan fingerprint density at radius 1 is 0.625 bits per heavy atom. The fourth-order valence-corrected chi connectivity index (χ4v) is 8.19. The molecule has 48 heavy (non-hydrogen) atoms. The predicted octanol–water partition coefficient (Wildman–Crippen LogP) is 9.46. The summed E-state index contributed by atoms with van der Waals surface area (Å²) < 4.78 is 2.45. The Morgan fingerprint density at radius 2 is 1.38 bits per heavy atom. The van der Waals surface area contributed by atoms with Gasteiger partial charge in [-0.05, 0) is 77.2 Å². The van der Waals surface area contributed by atoms with Gasteiger partial charge in [0.25, 0.3) is 0 Å². The first-order chi connectivity index (χ1) is 23.8. The second-order valence-electron chi connectivity index (χ2n) is 13.0. The molecule has 2 aliphatic carbocycles. The molecule has 3 aliphatic rings. The summed E-state index contributed by atoms with van der Waals surface area (Å²) >= 11 is 0. The maximum atomic E-state index is 5.26. The van der Waals surface area contributed by atoms with Gasteiger partial charge in [-0.2, -0.15) is 0 Å². The van der Waals surface area contributed by atoms with E-state index in [9.17, 15) is 0 Å². The molecular formula is C45H33N3. The molecule has 5 aromatic carbocycles. The number of aromatic nitrogens is 2. The molecule has 2 atom stereocenters.